The van der Waals surface area contributed by atoms with Gasteiger partial charge in [0.05, 0.1) is 0 Å². The zero-order valence-electron chi connectivity index (χ0n) is 40.0. The molecule has 9 aromatic rings. The molecule has 0 aliphatic rings. The van der Waals surface area contributed by atoms with Gasteiger partial charge in [-0.25, -0.2) is 0 Å². The molecule has 19 heteroatoms. The smallest absolute Gasteiger partial charge is 0.143 e. The van der Waals surface area contributed by atoms with Crippen molar-refractivity contribution in [2.45, 2.75) is 0 Å². The van der Waals surface area contributed by atoms with Gasteiger partial charge in [0.15, 0.2) is 0 Å². The molecule has 1 heterocycles. The Morgan fingerprint density at radius 3 is 0.967 bits per heavy atom. The normalized spacial score (nSPS) is 11.8. The lowest BCUT2D eigenvalue weighted by Gasteiger charge is -2.30. The maximum Gasteiger partial charge on any atom is 0.143 e. The van der Waals surface area contributed by atoms with Crippen molar-refractivity contribution in [1.29, 1.82) is 0 Å². The van der Waals surface area contributed by atoms with Gasteiger partial charge in [-0.15, -0.1) is 27.3 Å². The van der Waals surface area contributed by atoms with Gasteiger partial charge in [0.2, 0.25) is 0 Å². The molecule has 9 rings (SSSR count). The number of rotatable bonds is 3. The largest absolute Gasteiger partial charge is 0.456 e. The van der Waals surface area contributed by atoms with Crippen molar-refractivity contribution in [2.24, 2.45) is 0 Å². The minimum atomic E-state index is 1.00. The van der Waals surface area contributed by atoms with Gasteiger partial charge in [0.1, 0.15) is 152 Å². The van der Waals surface area contributed by atoms with E-state index < -0.39 is 0 Å². The first-order valence-electron chi connectivity index (χ1n) is 22.3. The Kier molecular flexibility index (Phi) is 9.97. The Labute approximate surface area is 378 Å². The van der Waals surface area contributed by atoms with Crippen molar-refractivity contribution < 1.29 is 4.42 Å². The number of furan rings is 1. The number of hydrogen-bond donors (Lipinski definition) is 0. The molecular weight excluding hydrogens is 715 g/mol. The zero-order valence-corrected chi connectivity index (χ0v) is 40.0. The van der Waals surface area contributed by atoms with Crippen molar-refractivity contribution in [2.75, 3.05) is 0 Å². The molecule has 0 aliphatic carbocycles. The van der Waals surface area contributed by atoms with E-state index in [0.29, 0.717) is 0 Å². The highest BCUT2D eigenvalue weighted by atomic mass is 16.3. The average Bonchev–Trinajstić information content (AvgIpc) is 3.65. The first kappa shape index (κ1) is 41.8. The summed E-state index contributed by atoms with van der Waals surface area (Å²) in [6, 6.07) is 18.4. The van der Waals surface area contributed by atoms with Crippen LogP contribution in [0.3, 0.4) is 0 Å². The fourth-order valence-electron chi connectivity index (χ4n) is 11.6. The molecule has 0 fully saturated rings. The summed E-state index contributed by atoms with van der Waals surface area (Å²) in [5.41, 5.74) is 34.3. The van der Waals surface area contributed by atoms with Gasteiger partial charge >= 0.3 is 0 Å². The topological polar surface area (TPSA) is 13.1 Å². The lowest BCUT2D eigenvalue weighted by atomic mass is 9.56. The van der Waals surface area contributed by atoms with E-state index in [2.05, 4.69) is 190 Å². The van der Waals surface area contributed by atoms with Crippen LogP contribution in [0.5, 0.6) is 0 Å². The summed E-state index contributed by atoms with van der Waals surface area (Å²) < 4.78 is 7.24. The van der Waals surface area contributed by atoms with Crippen LogP contribution in [0.4, 0.5) is 0 Å². The Bertz CT molecular complexity index is 3450. The van der Waals surface area contributed by atoms with Crippen LogP contribution in [-0.2, 0) is 0 Å². The van der Waals surface area contributed by atoms with E-state index in [4.69, 9.17) is 4.42 Å². The summed E-state index contributed by atoms with van der Waals surface area (Å²) in [4.78, 5) is 0. The monoisotopic (exact) mass is 763 g/mol. The molecule has 0 radical (unpaired) electrons. The van der Waals surface area contributed by atoms with E-state index in [1.165, 1.54) is 175 Å². The van der Waals surface area contributed by atoms with Crippen LogP contribution in [0.25, 0.3) is 87.6 Å². The van der Waals surface area contributed by atoms with Gasteiger partial charge < -0.3 is 4.42 Å². The van der Waals surface area contributed by atoms with Gasteiger partial charge in [-0.1, -0.05) is 120 Å². The lowest BCUT2D eigenvalue weighted by Crippen LogP contribution is -2.53. The van der Waals surface area contributed by atoms with E-state index in [1.807, 2.05) is 0 Å². The highest BCUT2D eigenvalue weighted by molar-refractivity contribution is 6.74. The third kappa shape index (κ3) is 5.53. The van der Waals surface area contributed by atoms with Crippen molar-refractivity contribution in [3.05, 3.63) is 48.5 Å². The molecular formula is C42H44B18O. The van der Waals surface area contributed by atoms with E-state index in [9.17, 15) is 0 Å². The maximum atomic E-state index is 7.24. The van der Waals surface area contributed by atoms with Crippen LogP contribution in [0.15, 0.2) is 52.9 Å². The van der Waals surface area contributed by atoms with Crippen molar-refractivity contribution in [3.8, 4) is 33.4 Å². The second kappa shape index (κ2) is 14.5. The molecule has 0 bridgehead atoms. The second-order valence-electron chi connectivity index (χ2n) is 18.9. The van der Waals surface area contributed by atoms with Crippen LogP contribution < -0.4 is 98.3 Å². The van der Waals surface area contributed by atoms with E-state index >= 15 is 0 Å². The minimum absolute atomic E-state index is 1.00. The highest BCUT2D eigenvalue weighted by Crippen LogP contribution is 2.45. The average molecular weight is 759 g/mol. The van der Waals surface area contributed by atoms with Crippen LogP contribution >= 0.6 is 0 Å². The quantitative estimate of drug-likeness (QED) is 0.129. The third-order valence-electron chi connectivity index (χ3n) is 16.5. The Morgan fingerprint density at radius 2 is 0.508 bits per heavy atom. The predicted molar refractivity (Wildman–Crippen MR) is 330 cm³/mol. The van der Waals surface area contributed by atoms with Crippen LogP contribution in [0.2, 0.25) is 0 Å². The van der Waals surface area contributed by atoms with Crippen molar-refractivity contribution in [1.82, 2.24) is 0 Å². The molecule has 0 saturated carbocycles. The number of hydrogen-bond acceptors (Lipinski definition) is 1. The van der Waals surface area contributed by atoms with E-state index in [0.717, 1.165) is 11.2 Å². The zero-order chi connectivity index (χ0) is 44.0. The summed E-state index contributed by atoms with van der Waals surface area (Å²) in [6.07, 6.45) is 0. The van der Waals surface area contributed by atoms with Crippen LogP contribution in [0, 0.1) is 0 Å². The van der Waals surface area contributed by atoms with Crippen LogP contribution in [0.1, 0.15) is 0 Å². The molecule has 8 aromatic carbocycles. The lowest BCUT2D eigenvalue weighted by molar-refractivity contribution is 0.673. The van der Waals surface area contributed by atoms with Crippen molar-refractivity contribution in [3.63, 3.8) is 0 Å². The standard InChI is InChI=1S/C42H44B18O/c43-23-17(26(46)34(54)27(47)18(23)15-16-19(28(48)33(53)24(15)44)29(49)37(57)36(56)25(16)45)13-9-5-1-3-7-11(9)14(12-8-4-2-6-10(12)13)20-30(50)35(55)31(51)21-22-32(52)38(58)39(59)40(60)42(22)61-41(20)21/h1-8H,43-60H2. The Morgan fingerprint density at radius 1 is 0.213 bits per heavy atom. The molecule has 0 amide bonds. The molecule has 1 aromatic heterocycles. The predicted octanol–water partition coefficient (Wildman–Crippen LogP) is -19.3. The van der Waals surface area contributed by atoms with Gasteiger partial charge in [-0.2, -0.15) is 0 Å². The molecule has 0 N–H and O–H groups in total. The molecule has 272 valence electrons. The van der Waals surface area contributed by atoms with Gasteiger partial charge in [-0.05, 0) is 54.6 Å². The first-order valence-corrected chi connectivity index (χ1v) is 22.3. The first-order chi connectivity index (χ1) is 28.8. The van der Waals surface area contributed by atoms with E-state index in [1.54, 1.807) is 0 Å². The molecule has 0 unspecified atom stereocenters. The molecule has 0 spiro atoms. The fourth-order valence-corrected chi connectivity index (χ4v) is 11.6. The highest BCUT2D eigenvalue weighted by Gasteiger charge is 2.29. The Balaban J connectivity index is 1.48. The summed E-state index contributed by atoms with van der Waals surface area (Å²) in [5, 5.41) is 10.4. The maximum absolute atomic E-state index is 7.24. The summed E-state index contributed by atoms with van der Waals surface area (Å²) >= 11 is 0. The fraction of sp³-hybridized carbons (Fsp3) is 0. The molecule has 61 heavy (non-hydrogen) atoms. The SMILES string of the molecule is Bc1c(B)c(-c2c3ccccc3c(-c3c(B)c(B)c(B)c4c3oc3c(B)c(B)c(B)c(B)c34)c3ccccc23)c(B)c(-c2c(B)c(B)c(B)c3c(B)c(B)c(B)c(B)c23)c1B. The molecule has 0 saturated heterocycles. The molecule has 0 aliphatic heterocycles. The molecule has 1 nitrogen and oxygen atoms in total. The molecule has 0 atom stereocenters. The Hall–Kier alpha value is -4.49. The summed E-state index contributed by atoms with van der Waals surface area (Å²) in [7, 11) is 41.8. The van der Waals surface area contributed by atoms with Gasteiger partial charge in [0.25, 0.3) is 0 Å². The minimum Gasteiger partial charge on any atom is -0.456 e. The number of fused-ring (bicyclic) bond motifs is 6. The van der Waals surface area contributed by atoms with Crippen LogP contribution in [-0.4, -0.2) is 141 Å². The number of benzene rings is 8. The van der Waals surface area contributed by atoms with Gasteiger partial charge in [0, 0.05) is 21.9 Å². The summed E-state index contributed by atoms with van der Waals surface area (Å²) in [6.45, 7) is 0. The van der Waals surface area contributed by atoms with E-state index in [-0.39, 0.29) is 0 Å². The van der Waals surface area contributed by atoms with Gasteiger partial charge in [-0.3, -0.25) is 0 Å². The third-order valence-corrected chi connectivity index (χ3v) is 16.5. The van der Waals surface area contributed by atoms with Crippen molar-refractivity contribution >= 4 is 294 Å². The second-order valence-corrected chi connectivity index (χ2v) is 18.9. The summed E-state index contributed by atoms with van der Waals surface area (Å²) in [5.74, 6) is 0.